The van der Waals surface area contributed by atoms with Crippen LogP contribution in [0, 0.1) is 0 Å². The minimum absolute atomic E-state index is 0.252. The van der Waals surface area contributed by atoms with Gasteiger partial charge in [-0.2, -0.15) is 22.7 Å². The lowest BCUT2D eigenvalue weighted by Crippen LogP contribution is -2.46. The molecule has 2 aromatic carbocycles. The fraction of sp³-hybridized carbons (Fsp3) is 0.308. The first-order chi connectivity index (χ1) is 18.3. The van der Waals surface area contributed by atoms with Gasteiger partial charge >= 0.3 is 6.18 Å². The van der Waals surface area contributed by atoms with Gasteiger partial charge in [0, 0.05) is 37.4 Å². The molecule has 196 valence electrons. The van der Waals surface area contributed by atoms with Crippen molar-refractivity contribution in [2.75, 3.05) is 36.4 Å². The Morgan fingerprint density at radius 2 is 1.74 bits per heavy atom. The maximum Gasteiger partial charge on any atom is 0.416 e. The molecule has 1 unspecified atom stereocenters. The number of hydrogen-bond acceptors (Lipinski definition) is 6. The number of anilines is 2. The monoisotopic (exact) mass is 523 g/mol. The number of carbonyl (C=O) groups is 1. The van der Waals surface area contributed by atoms with Crippen molar-refractivity contribution in [1.82, 2.24) is 24.5 Å². The Kier molecular flexibility index (Phi) is 5.90. The summed E-state index contributed by atoms with van der Waals surface area (Å²) >= 11 is 0. The molecule has 12 heteroatoms. The highest BCUT2D eigenvalue weighted by Crippen LogP contribution is 2.35. The number of rotatable bonds is 4. The zero-order chi connectivity index (χ0) is 26.4. The van der Waals surface area contributed by atoms with Gasteiger partial charge in [-0.25, -0.2) is 0 Å². The van der Waals surface area contributed by atoms with E-state index in [1.165, 1.54) is 16.6 Å². The van der Waals surface area contributed by atoms with Gasteiger partial charge in [0.25, 0.3) is 5.56 Å². The highest BCUT2D eigenvalue weighted by Gasteiger charge is 2.36. The zero-order valence-electron chi connectivity index (χ0n) is 20.2. The highest BCUT2D eigenvalue weighted by molar-refractivity contribution is 5.94. The maximum absolute atomic E-state index is 13.7. The van der Waals surface area contributed by atoms with Gasteiger partial charge in [0.15, 0.2) is 5.82 Å². The largest absolute Gasteiger partial charge is 0.416 e. The van der Waals surface area contributed by atoms with Crippen LogP contribution in [0.25, 0.3) is 17.2 Å². The van der Waals surface area contributed by atoms with Gasteiger partial charge in [0.1, 0.15) is 11.7 Å². The summed E-state index contributed by atoms with van der Waals surface area (Å²) in [4.78, 5) is 33.8. The van der Waals surface area contributed by atoms with Crippen LogP contribution in [0.3, 0.4) is 0 Å². The van der Waals surface area contributed by atoms with Gasteiger partial charge in [-0.1, -0.05) is 30.3 Å². The molecule has 2 aromatic heterocycles. The van der Waals surface area contributed by atoms with Crippen LogP contribution in [-0.2, 0) is 17.4 Å². The molecule has 2 aliphatic heterocycles. The molecule has 1 atom stereocenters. The Bertz CT molecular complexity index is 1560. The molecule has 1 saturated heterocycles. The van der Waals surface area contributed by atoms with Crippen LogP contribution in [-0.4, -0.2) is 51.3 Å². The van der Waals surface area contributed by atoms with Crippen LogP contribution >= 0.6 is 0 Å². The van der Waals surface area contributed by atoms with Crippen molar-refractivity contribution in [3.05, 3.63) is 76.2 Å². The number of halogens is 3. The van der Waals surface area contributed by atoms with Crippen LogP contribution in [0.5, 0.6) is 0 Å². The molecule has 0 bridgehead atoms. The molecule has 0 radical (unpaired) electrons. The number of nitrogens with one attached hydrogen (secondary N) is 2. The third-order valence-corrected chi connectivity index (χ3v) is 6.98. The van der Waals surface area contributed by atoms with Crippen LogP contribution < -0.4 is 21.1 Å². The lowest BCUT2D eigenvalue weighted by molar-refractivity contribution is -0.137. The average Bonchev–Trinajstić information content (AvgIpc) is 3.55. The SMILES string of the molecule is O=C(Nc1ccc(C(F)(F)F)cc1)C1CCc2c(N3CCNCC3)c(=O)n3nc(-c4ccccc4)nc3n21. The molecular formula is C26H24F3N7O2. The number of piperazine rings is 1. The number of hydrogen-bond donors (Lipinski definition) is 2. The molecule has 1 amide bonds. The lowest BCUT2D eigenvalue weighted by atomic mass is 10.1. The van der Waals surface area contributed by atoms with Gasteiger partial charge < -0.3 is 15.5 Å². The summed E-state index contributed by atoms with van der Waals surface area (Å²) in [6.45, 7) is 2.72. The minimum Gasteiger partial charge on any atom is -0.363 e. The number of fused-ring (bicyclic) bond motifs is 3. The lowest BCUT2D eigenvalue weighted by Gasteiger charge is -2.30. The molecule has 4 aromatic rings. The Labute approximate surface area is 214 Å². The molecule has 1 fully saturated rings. The number of benzene rings is 2. The van der Waals surface area contributed by atoms with E-state index in [4.69, 9.17) is 0 Å². The van der Waals surface area contributed by atoms with Crippen molar-refractivity contribution < 1.29 is 18.0 Å². The van der Waals surface area contributed by atoms with E-state index >= 15 is 0 Å². The zero-order valence-corrected chi connectivity index (χ0v) is 20.2. The summed E-state index contributed by atoms with van der Waals surface area (Å²) in [6.07, 6.45) is -3.57. The third-order valence-electron chi connectivity index (χ3n) is 6.98. The third kappa shape index (κ3) is 4.20. The summed E-state index contributed by atoms with van der Waals surface area (Å²) in [7, 11) is 0. The van der Waals surface area contributed by atoms with Crippen LogP contribution in [0.1, 0.15) is 23.7 Å². The molecule has 0 spiro atoms. The van der Waals surface area contributed by atoms with Crippen molar-refractivity contribution in [3.63, 3.8) is 0 Å². The summed E-state index contributed by atoms with van der Waals surface area (Å²) < 4.78 is 41.9. The number of carbonyl (C=O) groups excluding carboxylic acids is 1. The minimum atomic E-state index is -4.46. The summed E-state index contributed by atoms with van der Waals surface area (Å²) in [5.74, 6) is 0.223. The van der Waals surface area contributed by atoms with Crippen molar-refractivity contribution in [1.29, 1.82) is 0 Å². The quantitative estimate of drug-likeness (QED) is 0.427. The van der Waals surface area contributed by atoms with Gasteiger partial charge in [-0.15, -0.1) is 5.10 Å². The van der Waals surface area contributed by atoms with Gasteiger partial charge in [-0.05, 0) is 37.1 Å². The topological polar surface area (TPSA) is 96.6 Å². The van der Waals surface area contributed by atoms with Crippen molar-refractivity contribution >= 4 is 23.1 Å². The van der Waals surface area contributed by atoms with Crippen molar-refractivity contribution in [2.24, 2.45) is 0 Å². The van der Waals surface area contributed by atoms with E-state index in [0.29, 0.717) is 43.1 Å². The van der Waals surface area contributed by atoms with Crippen molar-refractivity contribution in [3.8, 4) is 11.4 Å². The summed E-state index contributed by atoms with van der Waals surface area (Å²) in [6, 6.07) is 12.9. The fourth-order valence-corrected chi connectivity index (χ4v) is 5.16. The average molecular weight is 524 g/mol. The second-order valence-electron chi connectivity index (χ2n) is 9.34. The highest BCUT2D eigenvalue weighted by atomic mass is 19.4. The number of nitrogens with zero attached hydrogens (tertiary/aromatic N) is 5. The first-order valence-corrected chi connectivity index (χ1v) is 12.3. The molecule has 2 aliphatic rings. The van der Waals surface area contributed by atoms with E-state index in [9.17, 15) is 22.8 Å². The van der Waals surface area contributed by atoms with Crippen LogP contribution in [0.2, 0.25) is 0 Å². The van der Waals surface area contributed by atoms with E-state index in [0.717, 1.165) is 30.8 Å². The smallest absolute Gasteiger partial charge is 0.363 e. The van der Waals surface area contributed by atoms with Crippen molar-refractivity contribution in [2.45, 2.75) is 25.1 Å². The predicted octanol–water partition coefficient (Wildman–Crippen LogP) is 3.11. The molecule has 0 aliphatic carbocycles. The summed E-state index contributed by atoms with van der Waals surface area (Å²) in [5, 5.41) is 10.5. The van der Waals surface area contributed by atoms with Gasteiger partial charge in [0.05, 0.1) is 11.3 Å². The molecule has 4 heterocycles. The van der Waals surface area contributed by atoms with E-state index < -0.39 is 23.7 Å². The second-order valence-corrected chi connectivity index (χ2v) is 9.34. The van der Waals surface area contributed by atoms with Crippen LogP contribution in [0.4, 0.5) is 24.5 Å². The molecule has 9 nitrogen and oxygen atoms in total. The van der Waals surface area contributed by atoms with E-state index in [2.05, 4.69) is 20.7 Å². The fourth-order valence-electron chi connectivity index (χ4n) is 5.16. The standard InChI is InChI=1S/C26H24F3N7O2/c27-26(28,29)17-6-8-18(9-7-17)31-23(37)20-11-10-19-21(34-14-12-30-13-15-34)24(38)36-25(35(19)20)32-22(33-36)16-4-2-1-3-5-16/h1-9,20,30H,10-15H2,(H,31,37). The Morgan fingerprint density at radius 3 is 2.42 bits per heavy atom. The molecule has 6 rings (SSSR count). The summed E-state index contributed by atoms with van der Waals surface area (Å²) in [5.41, 5.74) is 1.13. The first kappa shape index (κ1) is 24.2. The Balaban J connectivity index is 1.43. The van der Waals surface area contributed by atoms with Gasteiger partial charge in [0.2, 0.25) is 11.7 Å². The van der Waals surface area contributed by atoms with Crippen LogP contribution in [0.15, 0.2) is 59.4 Å². The molecule has 38 heavy (non-hydrogen) atoms. The maximum atomic E-state index is 13.7. The number of aromatic nitrogens is 4. The number of amides is 1. The number of alkyl halides is 3. The normalized spacial score (nSPS) is 17.6. The Hall–Kier alpha value is -4.19. The predicted molar refractivity (Wildman–Crippen MR) is 135 cm³/mol. The Morgan fingerprint density at radius 1 is 1.03 bits per heavy atom. The molecular weight excluding hydrogens is 499 g/mol. The van der Waals surface area contributed by atoms with E-state index in [1.54, 1.807) is 4.57 Å². The molecule has 0 saturated carbocycles. The van der Waals surface area contributed by atoms with E-state index in [1.807, 2.05) is 35.2 Å². The van der Waals surface area contributed by atoms with Gasteiger partial charge in [-0.3, -0.25) is 14.2 Å². The second kappa shape index (κ2) is 9.28. The molecule has 2 N–H and O–H groups in total. The first-order valence-electron chi connectivity index (χ1n) is 12.3. The van der Waals surface area contributed by atoms with E-state index in [-0.39, 0.29) is 17.0 Å².